The summed E-state index contributed by atoms with van der Waals surface area (Å²) in [4.78, 5) is 28.1. The molecule has 10 heteroatoms. The fourth-order valence-electron chi connectivity index (χ4n) is 3.75. The third-order valence-corrected chi connectivity index (χ3v) is 7.12. The molecule has 3 aromatic rings. The predicted octanol–water partition coefficient (Wildman–Crippen LogP) is 3.63. The van der Waals surface area contributed by atoms with E-state index < -0.39 is 40.2 Å². The Labute approximate surface area is 215 Å². The maximum absolute atomic E-state index is 13.7. The lowest BCUT2D eigenvalue weighted by molar-refractivity contribution is -0.139. The number of nitrogens with zero attached hydrogens (tertiary/aromatic N) is 2. The molecule has 0 spiro atoms. The van der Waals surface area contributed by atoms with Crippen LogP contribution in [0.25, 0.3) is 0 Å². The molecule has 1 atom stereocenters. The summed E-state index contributed by atoms with van der Waals surface area (Å²) in [5.41, 5.74) is 1.55. The molecule has 190 valence electrons. The molecule has 3 aromatic carbocycles. The van der Waals surface area contributed by atoms with E-state index in [0.29, 0.717) is 10.6 Å². The van der Waals surface area contributed by atoms with E-state index in [9.17, 15) is 22.4 Å². The zero-order chi connectivity index (χ0) is 26.3. The van der Waals surface area contributed by atoms with Gasteiger partial charge in [-0.1, -0.05) is 60.1 Å². The Bertz CT molecular complexity index is 1300. The number of likely N-dealkylation sites (N-methyl/N-ethyl adjacent to an activating group) is 1. The number of sulfonamides is 1. The van der Waals surface area contributed by atoms with Gasteiger partial charge in [-0.3, -0.25) is 13.9 Å². The topological polar surface area (TPSA) is 86.8 Å². The van der Waals surface area contributed by atoms with Crippen LogP contribution >= 0.6 is 11.6 Å². The van der Waals surface area contributed by atoms with Gasteiger partial charge in [-0.05, 0) is 41.5 Å². The molecule has 7 nitrogen and oxygen atoms in total. The average molecular weight is 532 g/mol. The molecule has 0 bridgehead atoms. The van der Waals surface area contributed by atoms with Crippen LogP contribution in [0, 0.1) is 5.82 Å². The van der Waals surface area contributed by atoms with Gasteiger partial charge in [0.2, 0.25) is 21.8 Å². The van der Waals surface area contributed by atoms with Crippen LogP contribution in [0.3, 0.4) is 0 Å². The van der Waals surface area contributed by atoms with Crippen molar-refractivity contribution in [2.75, 3.05) is 24.2 Å². The smallest absolute Gasteiger partial charge is 0.244 e. The minimum Gasteiger partial charge on any atom is -0.357 e. The first kappa shape index (κ1) is 27.2. The Morgan fingerprint density at radius 3 is 2.17 bits per heavy atom. The highest BCUT2D eigenvalue weighted by atomic mass is 35.5. The summed E-state index contributed by atoms with van der Waals surface area (Å²) in [7, 11) is -2.44. The van der Waals surface area contributed by atoms with Gasteiger partial charge in [-0.15, -0.1) is 0 Å². The van der Waals surface area contributed by atoms with Crippen molar-refractivity contribution in [3.63, 3.8) is 0 Å². The van der Waals surface area contributed by atoms with Crippen LogP contribution in [0.4, 0.5) is 10.1 Å². The molecule has 3 rings (SSSR count). The Morgan fingerprint density at radius 2 is 1.58 bits per heavy atom. The van der Waals surface area contributed by atoms with Gasteiger partial charge in [0, 0.05) is 25.0 Å². The minimum absolute atomic E-state index is 0.0234. The average Bonchev–Trinajstić information content (AvgIpc) is 2.85. The number of anilines is 1. The van der Waals surface area contributed by atoms with Crippen LogP contribution in [0.2, 0.25) is 5.02 Å². The highest BCUT2D eigenvalue weighted by molar-refractivity contribution is 7.92. The quantitative estimate of drug-likeness (QED) is 0.433. The molecular weight excluding hydrogens is 505 g/mol. The zero-order valence-corrected chi connectivity index (χ0v) is 21.5. The van der Waals surface area contributed by atoms with E-state index in [2.05, 4.69) is 5.32 Å². The Balaban J connectivity index is 2.03. The van der Waals surface area contributed by atoms with Crippen LogP contribution in [0.15, 0.2) is 78.9 Å². The summed E-state index contributed by atoms with van der Waals surface area (Å²) in [6, 6.07) is 19.9. The number of hydrogen-bond acceptors (Lipinski definition) is 4. The number of halogens is 2. The van der Waals surface area contributed by atoms with Gasteiger partial charge in [-0.2, -0.15) is 0 Å². The number of carbonyl (C=O) groups excluding carboxylic acids is 2. The van der Waals surface area contributed by atoms with E-state index in [-0.39, 0.29) is 18.7 Å². The first-order valence-corrected chi connectivity index (χ1v) is 13.3. The summed E-state index contributed by atoms with van der Waals surface area (Å²) in [6.07, 6.45) is 1.16. The molecule has 2 amide bonds. The van der Waals surface area contributed by atoms with Crippen LogP contribution < -0.4 is 9.62 Å². The fraction of sp³-hybridized carbons (Fsp3) is 0.231. The minimum atomic E-state index is -3.91. The fourth-order valence-corrected chi connectivity index (χ4v) is 4.80. The van der Waals surface area contributed by atoms with E-state index in [4.69, 9.17) is 11.6 Å². The van der Waals surface area contributed by atoms with E-state index >= 15 is 0 Å². The van der Waals surface area contributed by atoms with Crippen molar-refractivity contribution in [1.29, 1.82) is 0 Å². The number of hydrogen-bond donors (Lipinski definition) is 1. The van der Waals surface area contributed by atoms with Crippen LogP contribution in [-0.4, -0.2) is 51.0 Å². The van der Waals surface area contributed by atoms with E-state index in [1.807, 2.05) is 30.3 Å². The lowest BCUT2D eigenvalue weighted by atomic mass is 10.0. The molecule has 0 aliphatic heterocycles. The number of rotatable bonds is 10. The second-order valence-corrected chi connectivity index (χ2v) is 10.5. The van der Waals surface area contributed by atoms with Gasteiger partial charge in [0.1, 0.15) is 18.4 Å². The van der Waals surface area contributed by atoms with Gasteiger partial charge < -0.3 is 10.2 Å². The second-order valence-electron chi connectivity index (χ2n) is 8.18. The van der Waals surface area contributed by atoms with Crippen molar-refractivity contribution in [2.24, 2.45) is 0 Å². The number of carbonyl (C=O) groups is 2. The summed E-state index contributed by atoms with van der Waals surface area (Å²) in [6.45, 7) is -0.609. The molecule has 1 N–H and O–H groups in total. The van der Waals surface area contributed by atoms with Gasteiger partial charge in [0.25, 0.3) is 0 Å². The van der Waals surface area contributed by atoms with Crippen molar-refractivity contribution in [3.8, 4) is 0 Å². The molecule has 0 aliphatic rings. The zero-order valence-electron chi connectivity index (χ0n) is 19.9. The van der Waals surface area contributed by atoms with Crippen molar-refractivity contribution in [1.82, 2.24) is 10.2 Å². The number of benzene rings is 3. The van der Waals surface area contributed by atoms with Crippen LogP contribution in [0.1, 0.15) is 11.1 Å². The van der Waals surface area contributed by atoms with Crippen LogP contribution in [0.5, 0.6) is 0 Å². The first-order chi connectivity index (χ1) is 17.1. The Morgan fingerprint density at radius 1 is 0.972 bits per heavy atom. The molecule has 0 aromatic heterocycles. The second kappa shape index (κ2) is 12.0. The maximum atomic E-state index is 13.7. The number of nitrogens with one attached hydrogen (secondary N) is 1. The standard InChI is InChI=1S/C26H27ClFN3O4S/c1-29-26(33)24(16-19-8-4-3-5-9-19)30(17-20-10-6-7-11-23(20)27)25(32)18-31(36(2,34)35)22-14-12-21(28)13-15-22/h3-15,24H,16-18H2,1-2H3,(H,29,33)/t24-/m0/s1. The molecule has 0 unspecified atom stereocenters. The molecule has 0 fully saturated rings. The highest BCUT2D eigenvalue weighted by Crippen LogP contribution is 2.23. The van der Waals surface area contributed by atoms with E-state index in [0.717, 1.165) is 28.3 Å². The monoisotopic (exact) mass is 531 g/mol. The summed E-state index contributed by atoms with van der Waals surface area (Å²) >= 11 is 6.36. The molecule has 0 radical (unpaired) electrons. The SMILES string of the molecule is CNC(=O)[C@H](Cc1ccccc1)N(Cc1ccccc1Cl)C(=O)CN(c1ccc(F)cc1)S(C)(=O)=O. The molecule has 0 saturated heterocycles. The largest absolute Gasteiger partial charge is 0.357 e. The summed E-state index contributed by atoms with van der Waals surface area (Å²) in [5.74, 6) is -1.57. The Hall–Kier alpha value is -3.43. The van der Waals surface area contributed by atoms with Crippen molar-refractivity contribution >= 4 is 39.1 Å². The Kier molecular flexibility index (Phi) is 9.06. The highest BCUT2D eigenvalue weighted by Gasteiger charge is 2.32. The number of amides is 2. The normalized spacial score (nSPS) is 12.0. The summed E-state index contributed by atoms with van der Waals surface area (Å²) < 4.78 is 39.5. The molecule has 36 heavy (non-hydrogen) atoms. The lowest BCUT2D eigenvalue weighted by Gasteiger charge is -2.33. The van der Waals surface area contributed by atoms with E-state index in [1.54, 1.807) is 24.3 Å². The molecule has 0 saturated carbocycles. The third-order valence-electron chi connectivity index (χ3n) is 5.61. The molecule has 0 heterocycles. The van der Waals surface area contributed by atoms with Gasteiger partial charge >= 0.3 is 0 Å². The summed E-state index contributed by atoms with van der Waals surface area (Å²) in [5, 5.41) is 3.01. The van der Waals surface area contributed by atoms with Crippen molar-refractivity contribution in [2.45, 2.75) is 19.0 Å². The predicted molar refractivity (Wildman–Crippen MR) is 139 cm³/mol. The van der Waals surface area contributed by atoms with Gasteiger partial charge in [-0.25, -0.2) is 12.8 Å². The van der Waals surface area contributed by atoms with Crippen molar-refractivity contribution < 1.29 is 22.4 Å². The molecular formula is C26H27ClFN3O4S. The van der Waals surface area contributed by atoms with Gasteiger partial charge in [0.05, 0.1) is 11.9 Å². The van der Waals surface area contributed by atoms with Crippen molar-refractivity contribution in [3.05, 3.63) is 101 Å². The van der Waals surface area contributed by atoms with Gasteiger partial charge in [0.15, 0.2) is 0 Å². The third kappa shape index (κ3) is 7.05. The maximum Gasteiger partial charge on any atom is 0.244 e. The van der Waals surface area contributed by atoms with Crippen LogP contribution in [-0.2, 0) is 32.6 Å². The molecule has 0 aliphatic carbocycles. The van der Waals surface area contributed by atoms with E-state index in [1.165, 1.54) is 24.1 Å². The lowest BCUT2D eigenvalue weighted by Crippen LogP contribution is -2.52. The first-order valence-electron chi connectivity index (χ1n) is 11.1.